The van der Waals surface area contributed by atoms with Gasteiger partial charge in [0.05, 0.1) is 19.0 Å². The zero-order valence-corrected chi connectivity index (χ0v) is 11.0. The molecule has 0 spiro atoms. The van der Waals surface area contributed by atoms with E-state index in [0.717, 1.165) is 11.3 Å². The van der Waals surface area contributed by atoms with Crippen molar-refractivity contribution < 1.29 is 14.8 Å². The van der Waals surface area contributed by atoms with Crippen molar-refractivity contribution >= 4 is 24.5 Å². The van der Waals surface area contributed by atoms with E-state index < -0.39 is 7.12 Å². The van der Waals surface area contributed by atoms with Crippen LogP contribution in [0.3, 0.4) is 0 Å². The molecule has 2 aromatic carbocycles. The summed E-state index contributed by atoms with van der Waals surface area (Å²) in [4.78, 5) is 0. The predicted octanol–water partition coefficient (Wildman–Crippen LogP) is 0.821. The molecule has 2 rings (SSSR count). The molecule has 0 aliphatic heterocycles. The lowest BCUT2D eigenvalue weighted by molar-refractivity contribution is 0.403. The molecule has 0 aliphatic carbocycles. The summed E-state index contributed by atoms with van der Waals surface area (Å²) in [5.41, 5.74) is 4.79. The number of hydrazone groups is 1. The lowest BCUT2D eigenvalue weighted by Crippen LogP contribution is -2.31. The van der Waals surface area contributed by atoms with Crippen molar-refractivity contribution in [3.63, 3.8) is 0 Å². The number of hydrogen-bond acceptors (Lipinski definition) is 5. The van der Waals surface area contributed by atoms with Gasteiger partial charge in [-0.2, -0.15) is 5.10 Å². The Morgan fingerprint density at radius 3 is 2.55 bits per heavy atom. The van der Waals surface area contributed by atoms with Crippen LogP contribution in [0.4, 0.5) is 5.69 Å². The number of para-hydroxylation sites is 1. The number of rotatable bonds is 5. The Labute approximate surface area is 117 Å². The second kappa shape index (κ2) is 6.74. The molecular weight excluding hydrogens is 255 g/mol. The molecule has 0 aromatic heterocycles. The maximum Gasteiger partial charge on any atom is 0.492 e. The van der Waals surface area contributed by atoms with E-state index in [4.69, 9.17) is 4.74 Å². The van der Waals surface area contributed by atoms with E-state index in [1.807, 2.05) is 30.3 Å². The molecule has 0 atom stereocenters. The van der Waals surface area contributed by atoms with E-state index in [9.17, 15) is 10.0 Å². The average molecular weight is 270 g/mol. The Hall–Kier alpha value is -2.31. The highest BCUT2D eigenvalue weighted by molar-refractivity contribution is 6.59. The number of hydrogen-bond donors (Lipinski definition) is 3. The van der Waals surface area contributed by atoms with Crippen LogP contribution in [-0.4, -0.2) is 30.5 Å². The number of anilines is 1. The van der Waals surface area contributed by atoms with Crippen LogP contribution < -0.4 is 15.6 Å². The second-order valence-electron chi connectivity index (χ2n) is 4.11. The second-order valence-corrected chi connectivity index (χ2v) is 4.11. The zero-order valence-electron chi connectivity index (χ0n) is 11.0. The smallest absolute Gasteiger partial charge is 0.492 e. The predicted molar refractivity (Wildman–Crippen MR) is 80.5 cm³/mol. The summed E-state index contributed by atoms with van der Waals surface area (Å²) in [6, 6.07) is 14.6. The van der Waals surface area contributed by atoms with Gasteiger partial charge in [0.15, 0.2) is 0 Å². The van der Waals surface area contributed by atoms with Crippen molar-refractivity contribution in [3.8, 4) is 5.75 Å². The van der Waals surface area contributed by atoms with E-state index in [0.29, 0.717) is 11.2 Å². The molecule has 0 saturated heterocycles. The van der Waals surface area contributed by atoms with Gasteiger partial charge in [0.25, 0.3) is 0 Å². The van der Waals surface area contributed by atoms with Crippen molar-refractivity contribution in [2.24, 2.45) is 5.10 Å². The molecule has 0 bridgehead atoms. The summed E-state index contributed by atoms with van der Waals surface area (Å²) in [5, 5.41) is 22.6. The lowest BCUT2D eigenvalue weighted by Gasteiger charge is -2.08. The van der Waals surface area contributed by atoms with Gasteiger partial charge < -0.3 is 14.8 Å². The van der Waals surface area contributed by atoms with Crippen LogP contribution >= 0.6 is 0 Å². The minimum absolute atomic E-state index is 0.302. The molecule has 102 valence electrons. The summed E-state index contributed by atoms with van der Waals surface area (Å²) in [6.45, 7) is 0. The number of nitrogens with zero attached hydrogens (tertiary/aromatic N) is 1. The maximum atomic E-state index is 9.28. The van der Waals surface area contributed by atoms with Crippen LogP contribution in [0, 0.1) is 0 Å². The van der Waals surface area contributed by atoms with Crippen molar-refractivity contribution in [1.29, 1.82) is 0 Å². The standard InChI is InChI=1S/C14H15BN2O3/c1-20-14-8-7-11(9-13(14)15(18)19)10-16-17-12-5-3-2-4-6-12/h2-10,17-19H,1H3. The molecule has 0 fully saturated rings. The van der Waals surface area contributed by atoms with Crippen molar-refractivity contribution in [1.82, 2.24) is 0 Å². The number of benzene rings is 2. The van der Waals surface area contributed by atoms with Crippen LogP contribution in [0.1, 0.15) is 5.56 Å². The molecule has 20 heavy (non-hydrogen) atoms. The molecule has 3 N–H and O–H groups in total. The summed E-state index contributed by atoms with van der Waals surface area (Å²) in [7, 11) is -0.105. The molecule has 2 aromatic rings. The topological polar surface area (TPSA) is 74.1 Å². The summed E-state index contributed by atoms with van der Waals surface area (Å²) in [6.07, 6.45) is 1.60. The summed E-state index contributed by atoms with van der Waals surface area (Å²) >= 11 is 0. The minimum Gasteiger partial charge on any atom is -0.497 e. The first-order valence-corrected chi connectivity index (χ1v) is 6.09. The van der Waals surface area contributed by atoms with Crippen LogP contribution in [-0.2, 0) is 0 Å². The van der Waals surface area contributed by atoms with Crippen LogP contribution in [0.25, 0.3) is 0 Å². The Bertz CT molecular complexity index is 588. The van der Waals surface area contributed by atoms with Gasteiger partial charge in [0.2, 0.25) is 0 Å². The van der Waals surface area contributed by atoms with Gasteiger partial charge in [0, 0.05) is 5.46 Å². The Balaban J connectivity index is 2.11. The third-order valence-electron chi connectivity index (χ3n) is 2.71. The van der Waals surface area contributed by atoms with Gasteiger partial charge in [-0.25, -0.2) is 0 Å². The molecule has 0 aliphatic rings. The van der Waals surface area contributed by atoms with Gasteiger partial charge in [-0.15, -0.1) is 0 Å². The first-order valence-electron chi connectivity index (χ1n) is 6.09. The highest BCUT2D eigenvalue weighted by atomic mass is 16.5. The first kappa shape index (κ1) is 14.1. The Kier molecular flexibility index (Phi) is 4.76. The summed E-state index contributed by atoms with van der Waals surface area (Å²) < 4.78 is 5.06. The highest BCUT2D eigenvalue weighted by Crippen LogP contribution is 2.09. The summed E-state index contributed by atoms with van der Waals surface area (Å²) in [5.74, 6) is 0.424. The third kappa shape index (κ3) is 3.60. The fourth-order valence-electron chi connectivity index (χ4n) is 1.73. The van der Waals surface area contributed by atoms with E-state index in [1.165, 1.54) is 7.11 Å². The van der Waals surface area contributed by atoms with Gasteiger partial charge in [-0.05, 0) is 35.9 Å². The quantitative estimate of drug-likeness (QED) is 0.427. The minimum atomic E-state index is -1.58. The van der Waals surface area contributed by atoms with Gasteiger partial charge in [-0.3, -0.25) is 5.43 Å². The third-order valence-corrected chi connectivity index (χ3v) is 2.71. The van der Waals surface area contributed by atoms with Crippen LogP contribution in [0.15, 0.2) is 53.6 Å². The van der Waals surface area contributed by atoms with Crippen molar-refractivity contribution in [3.05, 3.63) is 54.1 Å². The highest BCUT2D eigenvalue weighted by Gasteiger charge is 2.16. The van der Waals surface area contributed by atoms with E-state index >= 15 is 0 Å². The molecule has 0 radical (unpaired) electrons. The number of ether oxygens (including phenoxy) is 1. The molecule has 0 amide bonds. The number of nitrogens with one attached hydrogen (secondary N) is 1. The molecule has 5 nitrogen and oxygen atoms in total. The zero-order chi connectivity index (χ0) is 14.4. The fourth-order valence-corrected chi connectivity index (χ4v) is 1.73. The first-order chi connectivity index (χ1) is 9.70. The Morgan fingerprint density at radius 1 is 1.15 bits per heavy atom. The van der Waals surface area contributed by atoms with E-state index in [1.54, 1.807) is 24.4 Å². The molecule has 6 heteroatoms. The van der Waals surface area contributed by atoms with Gasteiger partial charge >= 0.3 is 7.12 Å². The van der Waals surface area contributed by atoms with Crippen LogP contribution in [0.2, 0.25) is 0 Å². The lowest BCUT2D eigenvalue weighted by atomic mass is 9.79. The van der Waals surface area contributed by atoms with Gasteiger partial charge in [-0.1, -0.05) is 18.2 Å². The molecule has 0 saturated carbocycles. The van der Waals surface area contributed by atoms with Crippen molar-refractivity contribution in [2.75, 3.05) is 12.5 Å². The maximum absolute atomic E-state index is 9.28. The molecular formula is C14H15BN2O3. The van der Waals surface area contributed by atoms with Crippen molar-refractivity contribution in [2.45, 2.75) is 0 Å². The normalized spacial score (nSPS) is 10.6. The molecule has 0 unspecified atom stereocenters. The largest absolute Gasteiger partial charge is 0.497 e. The monoisotopic (exact) mass is 270 g/mol. The average Bonchev–Trinajstić information content (AvgIpc) is 2.48. The van der Waals surface area contributed by atoms with E-state index in [-0.39, 0.29) is 0 Å². The van der Waals surface area contributed by atoms with E-state index in [2.05, 4.69) is 10.5 Å². The molecule has 0 heterocycles. The number of methoxy groups -OCH3 is 1. The van der Waals surface area contributed by atoms with Gasteiger partial charge in [0.1, 0.15) is 5.75 Å². The Morgan fingerprint density at radius 2 is 1.90 bits per heavy atom. The fraction of sp³-hybridized carbons (Fsp3) is 0.0714. The van der Waals surface area contributed by atoms with Crippen LogP contribution in [0.5, 0.6) is 5.75 Å². The SMILES string of the molecule is COc1ccc(C=NNc2ccccc2)cc1B(O)O.